The molecule has 0 spiro atoms. The molecule has 3 nitrogen and oxygen atoms in total. The average molecular weight is 294 g/mol. The fraction of sp³-hybridized carbons (Fsp3) is 0.400. The zero-order chi connectivity index (χ0) is 11.7. The average Bonchev–Trinajstić information content (AvgIpc) is 2.32. The van der Waals surface area contributed by atoms with Crippen LogP contribution >= 0.6 is 15.9 Å². The van der Waals surface area contributed by atoms with Gasteiger partial charge in [0, 0.05) is 12.1 Å². The van der Waals surface area contributed by atoms with E-state index in [0.717, 1.165) is 0 Å². The Labute approximate surface area is 99.5 Å². The molecule has 6 heteroatoms. The molecule has 0 aromatic heterocycles. The number of ether oxygens (including phenoxy) is 1. The van der Waals surface area contributed by atoms with E-state index in [1.165, 1.54) is 6.07 Å². The maximum Gasteiger partial charge on any atom is 0.201 e. The Bertz CT molecular complexity index is 408. The van der Waals surface area contributed by atoms with Gasteiger partial charge in [-0.3, -0.25) is 0 Å². The van der Waals surface area contributed by atoms with Crippen LogP contribution in [0.2, 0.25) is 0 Å². The second-order valence-electron chi connectivity index (χ2n) is 3.51. The van der Waals surface area contributed by atoms with Gasteiger partial charge in [-0.25, -0.2) is 4.39 Å². The zero-order valence-electron chi connectivity index (χ0n) is 8.27. The molecule has 1 aliphatic heterocycles. The smallest absolute Gasteiger partial charge is 0.201 e. The number of hydrogen-bond acceptors (Lipinski definition) is 3. The molecular formula is C10H10BrF2NO2. The first kappa shape index (κ1) is 11.8. The van der Waals surface area contributed by atoms with Crippen molar-refractivity contribution >= 4 is 15.9 Å². The molecule has 2 N–H and O–H groups in total. The molecule has 1 atom stereocenters. The lowest BCUT2D eigenvalue weighted by atomic mass is 10.1. The summed E-state index contributed by atoms with van der Waals surface area (Å²) in [5.41, 5.74) is 0.297. The summed E-state index contributed by atoms with van der Waals surface area (Å²) in [4.78, 5) is 0. The van der Waals surface area contributed by atoms with E-state index in [9.17, 15) is 13.9 Å². The van der Waals surface area contributed by atoms with Gasteiger partial charge in [-0.2, -0.15) is 4.39 Å². The Morgan fingerprint density at radius 2 is 2.19 bits per heavy atom. The molecule has 0 unspecified atom stereocenters. The van der Waals surface area contributed by atoms with Gasteiger partial charge in [0.2, 0.25) is 5.82 Å². The van der Waals surface area contributed by atoms with Crippen molar-refractivity contribution in [2.45, 2.75) is 6.04 Å². The van der Waals surface area contributed by atoms with Crippen LogP contribution in [0, 0.1) is 11.6 Å². The summed E-state index contributed by atoms with van der Waals surface area (Å²) in [5.74, 6) is -2.99. The van der Waals surface area contributed by atoms with Crippen LogP contribution in [0.4, 0.5) is 8.78 Å². The van der Waals surface area contributed by atoms with E-state index >= 15 is 0 Å². The van der Waals surface area contributed by atoms with Gasteiger partial charge in [-0.15, -0.1) is 0 Å². The van der Waals surface area contributed by atoms with E-state index in [2.05, 4.69) is 21.2 Å². The first-order valence-electron chi connectivity index (χ1n) is 4.78. The third-order valence-electron chi connectivity index (χ3n) is 2.46. The van der Waals surface area contributed by atoms with Gasteiger partial charge in [-0.05, 0) is 22.0 Å². The van der Waals surface area contributed by atoms with Gasteiger partial charge < -0.3 is 15.2 Å². The lowest BCUT2D eigenvalue weighted by Crippen LogP contribution is -2.34. The first-order chi connectivity index (χ1) is 7.61. The minimum absolute atomic E-state index is 0.00910. The van der Waals surface area contributed by atoms with Crippen molar-refractivity contribution in [3.05, 3.63) is 27.7 Å². The van der Waals surface area contributed by atoms with E-state index < -0.39 is 17.4 Å². The second-order valence-corrected chi connectivity index (χ2v) is 4.36. The van der Waals surface area contributed by atoms with Crippen LogP contribution in [-0.2, 0) is 4.74 Å². The van der Waals surface area contributed by atoms with Gasteiger partial charge in [0.05, 0.1) is 23.7 Å². The van der Waals surface area contributed by atoms with Crippen LogP contribution in [-0.4, -0.2) is 24.9 Å². The molecule has 1 aliphatic rings. The third-order valence-corrected chi connectivity index (χ3v) is 3.04. The quantitative estimate of drug-likeness (QED) is 0.779. The molecule has 16 heavy (non-hydrogen) atoms. The number of nitrogens with one attached hydrogen (secondary N) is 1. The molecule has 0 aliphatic carbocycles. The second kappa shape index (κ2) is 4.65. The molecular weight excluding hydrogens is 284 g/mol. The zero-order valence-corrected chi connectivity index (χ0v) is 9.85. The summed E-state index contributed by atoms with van der Waals surface area (Å²) in [6.45, 7) is 1.51. The van der Waals surface area contributed by atoms with E-state index in [1.807, 2.05) is 0 Å². The first-order valence-corrected chi connectivity index (χ1v) is 5.58. The van der Waals surface area contributed by atoms with Gasteiger partial charge in [-0.1, -0.05) is 0 Å². The lowest BCUT2D eigenvalue weighted by Gasteiger charge is -2.25. The Hall–Kier alpha value is -0.720. The maximum absolute atomic E-state index is 13.3. The van der Waals surface area contributed by atoms with Crippen molar-refractivity contribution < 1.29 is 18.6 Å². The highest BCUT2D eigenvalue weighted by Crippen LogP contribution is 2.34. The van der Waals surface area contributed by atoms with Gasteiger partial charge >= 0.3 is 0 Å². The molecule has 1 fully saturated rings. The van der Waals surface area contributed by atoms with Crippen molar-refractivity contribution in [3.63, 3.8) is 0 Å². The van der Waals surface area contributed by atoms with Crippen molar-refractivity contribution in [1.82, 2.24) is 5.32 Å². The predicted octanol–water partition coefficient (Wildman–Crippen LogP) is 2.09. The summed E-state index contributed by atoms with van der Waals surface area (Å²) in [6, 6.07) is 1.04. The molecule has 0 saturated carbocycles. The topological polar surface area (TPSA) is 41.5 Å². The van der Waals surface area contributed by atoms with E-state index in [0.29, 0.717) is 25.3 Å². The number of morpholine rings is 1. The van der Waals surface area contributed by atoms with Crippen molar-refractivity contribution in [2.24, 2.45) is 0 Å². The number of aromatic hydroxyl groups is 1. The molecule has 0 radical (unpaired) electrons. The molecule has 1 heterocycles. The largest absolute Gasteiger partial charge is 0.505 e. The Kier molecular flexibility index (Phi) is 3.41. The Balaban J connectivity index is 2.40. The van der Waals surface area contributed by atoms with Crippen molar-refractivity contribution in [3.8, 4) is 5.75 Å². The number of benzene rings is 1. The third kappa shape index (κ3) is 2.05. The summed E-state index contributed by atoms with van der Waals surface area (Å²) >= 11 is 2.90. The summed E-state index contributed by atoms with van der Waals surface area (Å²) in [7, 11) is 0. The van der Waals surface area contributed by atoms with Gasteiger partial charge in [0.1, 0.15) is 0 Å². The highest BCUT2D eigenvalue weighted by molar-refractivity contribution is 9.10. The number of phenolic OH excluding ortho intramolecular Hbond substituents is 1. The summed E-state index contributed by atoms with van der Waals surface area (Å²) in [5, 5.41) is 12.6. The highest BCUT2D eigenvalue weighted by Gasteiger charge is 2.24. The molecule has 0 bridgehead atoms. The highest BCUT2D eigenvalue weighted by atomic mass is 79.9. The van der Waals surface area contributed by atoms with E-state index in [1.54, 1.807) is 0 Å². The van der Waals surface area contributed by atoms with Crippen LogP contribution < -0.4 is 5.32 Å². The monoisotopic (exact) mass is 293 g/mol. The fourth-order valence-corrected chi connectivity index (χ4v) is 2.06. The van der Waals surface area contributed by atoms with Crippen LogP contribution in [0.1, 0.15) is 11.6 Å². The Morgan fingerprint density at radius 3 is 2.81 bits per heavy atom. The molecule has 2 rings (SSSR count). The van der Waals surface area contributed by atoms with Crippen LogP contribution in [0.3, 0.4) is 0 Å². The standard InChI is InChI=1S/C10H10BrF2NO2/c11-6-3-5(7-4-16-2-1-14-7)10(15)9(13)8(6)12/h3,7,14-15H,1-2,4H2/t7-/m0/s1. The van der Waals surface area contributed by atoms with E-state index in [4.69, 9.17) is 4.74 Å². The predicted molar refractivity (Wildman–Crippen MR) is 57.3 cm³/mol. The molecule has 1 aromatic carbocycles. The van der Waals surface area contributed by atoms with Crippen molar-refractivity contribution in [2.75, 3.05) is 19.8 Å². The van der Waals surface area contributed by atoms with Gasteiger partial charge in [0.25, 0.3) is 0 Å². The maximum atomic E-state index is 13.3. The SMILES string of the molecule is Oc1c([C@@H]2COCCN2)cc(Br)c(F)c1F. The number of hydrogen-bond donors (Lipinski definition) is 2. The lowest BCUT2D eigenvalue weighted by molar-refractivity contribution is 0.0758. The number of rotatable bonds is 1. The minimum Gasteiger partial charge on any atom is -0.505 e. The molecule has 1 saturated heterocycles. The van der Waals surface area contributed by atoms with Gasteiger partial charge in [0.15, 0.2) is 11.6 Å². The van der Waals surface area contributed by atoms with Crippen LogP contribution in [0.25, 0.3) is 0 Å². The van der Waals surface area contributed by atoms with Crippen molar-refractivity contribution in [1.29, 1.82) is 0 Å². The molecule has 88 valence electrons. The molecule has 1 aromatic rings. The number of halogens is 3. The summed E-state index contributed by atoms with van der Waals surface area (Å²) < 4.78 is 31.6. The number of phenols is 1. The van der Waals surface area contributed by atoms with Crippen LogP contribution in [0.5, 0.6) is 5.75 Å². The normalized spacial score (nSPS) is 21.1. The Morgan fingerprint density at radius 1 is 1.44 bits per heavy atom. The van der Waals surface area contributed by atoms with Crippen LogP contribution in [0.15, 0.2) is 10.5 Å². The van der Waals surface area contributed by atoms with E-state index in [-0.39, 0.29) is 10.5 Å². The molecule has 0 amide bonds. The fourth-order valence-electron chi connectivity index (χ4n) is 1.63. The summed E-state index contributed by atoms with van der Waals surface area (Å²) in [6.07, 6.45) is 0. The minimum atomic E-state index is -1.24.